The summed E-state index contributed by atoms with van der Waals surface area (Å²) in [5, 5.41) is 10.5. The summed E-state index contributed by atoms with van der Waals surface area (Å²) in [6.07, 6.45) is 0.377. The van der Waals surface area contributed by atoms with Crippen LogP contribution >= 0.6 is 0 Å². The Balaban J connectivity index is 2.86. The van der Waals surface area contributed by atoms with Gasteiger partial charge in [0.25, 0.3) is 6.04 Å². The van der Waals surface area contributed by atoms with Gasteiger partial charge in [0.15, 0.2) is 5.60 Å². The Bertz CT molecular complexity index is 227. The molecule has 2 atom stereocenters. The summed E-state index contributed by atoms with van der Waals surface area (Å²) in [6, 6.07) is -0.880. The lowest BCUT2D eigenvalue weighted by Crippen LogP contribution is -2.40. The lowest BCUT2D eigenvalue weighted by molar-refractivity contribution is -0.536. The average Bonchev–Trinajstić information content (AvgIpc) is 2.27. The van der Waals surface area contributed by atoms with Crippen LogP contribution in [0, 0.1) is 10.1 Å². The molecule has 0 aromatic heterocycles. The van der Waals surface area contributed by atoms with Crippen LogP contribution in [0.15, 0.2) is 0 Å². The van der Waals surface area contributed by atoms with Crippen molar-refractivity contribution in [2.45, 2.75) is 38.3 Å². The molecule has 5 nitrogen and oxygen atoms in total. The topological polar surface area (TPSA) is 69.4 Å². The van der Waals surface area contributed by atoms with Gasteiger partial charge in [-0.2, -0.15) is 0 Å². The largest absolute Gasteiger partial charge is 0.452 e. The van der Waals surface area contributed by atoms with E-state index < -0.39 is 22.5 Å². The van der Waals surface area contributed by atoms with Gasteiger partial charge in [-0.1, -0.05) is 6.92 Å². The third kappa shape index (κ3) is 1.26. The van der Waals surface area contributed by atoms with Crippen molar-refractivity contribution >= 4 is 5.97 Å². The number of cyclic esters (lactones) is 1. The minimum atomic E-state index is -0.902. The van der Waals surface area contributed by atoms with Crippen LogP contribution in [0.1, 0.15) is 26.7 Å². The number of carbonyl (C=O) groups excluding carboxylic acids is 1. The third-order valence-electron chi connectivity index (χ3n) is 2.37. The summed E-state index contributed by atoms with van der Waals surface area (Å²) in [6.45, 7) is 3.38. The molecule has 1 heterocycles. The fourth-order valence-electron chi connectivity index (χ4n) is 1.35. The van der Waals surface area contributed by atoms with Gasteiger partial charge in [-0.3, -0.25) is 14.9 Å². The van der Waals surface area contributed by atoms with E-state index in [0.717, 1.165) is 0 Å². The van der Waals surface area contributed by atoms with Gasteiger partial charge in [-0.15, -0.1) is 0 Å². The smallest absolute Gasteiger partial charge is 0.313 e. The van der Waals surface area contributed by atoms with Crippen LogP contribution in [-0.2, 0) is 9.53 Å². The zero-order chi connectivity index (χ0) is 9.35. The molecule has 12 heavy (non-hydrogen) atoms. The minimum Gasteiger partial charge on any atom is -0.452 e. The van der Waals surface area contributed by atoms with Crippen molar-refractivity contribution in [3.63, 3.8) is 0 Å². The van der Waals surface area contributed by atoms with E-state index in [-0.39, 0.29) is 6.42 Å². The van der Waals surface area contributed by atoms with Crippen molar-refractivity contribution < 1.29 is 14.5 Å². The van der Waals surface area contributed by atoms with Gasteiger partial charge in [0.05, 0.1) is 0 Å². The van der Waals surface area contributed by atoms with Crippen LogP contribution < -0.4 is 0 Å². The second-order valence-corrected chi connectivity index (χ2v) is 3.15. The molecule has 0 saturated carbocycles. The van der Waals surface area contributed by atoms with Crippen molar-refractivity contribution in [1.29, 1.82) is 0 Å². The quantitative estimate of drug-likeness (QED) is 0.351. The van der Waals surface area contributed by atoms with Crippen molar-refractivity contribution in [3.05, 3.63) is 10.1 Å². The van der Waals surface area contributed by atoms with E-state index in [1.807, 2.05) is 0 Å². The Morgan fingerprint density at radius 1 is 1.83 bits per heavy atom. The summed E-state index contributed by atoms with van der Waals surface area (Å²) < 4.78 is 4.89. The number of carbonyl (C=O) groups is 1. The minimum absolute atomic E-state index is 0.0999. The summed E-state index contributed by atoms with van der Waals surface area (Å²) in [5.41, 5.74) is -0.902. The summed E-state index contributed by atoms with van der Waals surface area (Å²) in [7, 11) is 0. The predicted molar refractivity (Wildman–Crippen MR) is 40.2 cm³/mol. The summed E-state index contributed by atoms with van der Waals surface area (Å²) in [5.74, 6) is -0.471. The fourth-order valence-corrected chi connectivity index (χ4v) is 1.35. The van der Waals surface area contributed by atoms with Crippen LogP contribution in [0.5, 0.6) is 0 Å². The molecule has 1 saturated heterocycles. The number of esters is 1. The normalized spacial score (nSPS) is 34.8. The summed E-state index contributed by atoms with van der Waals surface area (Å²) in [4.78, 5) is 20.9. The fraction of sp³-hybridized carbons (Fsp3) is 0.857. The molecule has 1 aliphatic rings. The van der Waals surface area contributed by atoms with E-state index in [1.165, 1.54) is 0 Å². The summed E-state index contributed by atoms with van der Waals surface area (Å²) >= 11 is 0. The maximum Gasteiger partial charge on any atom is 0.313 e. The first-order valence-electron chi connectivity index (χ1n) is 3.85. The maximum absolute atomic E-state index is 10.8. The van der Waals surface area contributed by atoms with Gasteiger partial charge in [-0.25, -0.2) is 0 Å². The van der Waals surface area contributed by atoms with E-state index in [0.29, 0.717) is 6.42 Å². The Kier molecular flexibility index (Phi) is 2.04. The molecular formula is C7H11NO4. The molecular weight excluding hydrogens is 162 g/mol. The molecule has 5 heteroatoms. The molecule has 0 bridgehead atoms. The monoisotopic (exact) mass is 173 g/mol. The van der Waals surface area contributed by atoms with Crippen LogP contribution in [0.25, 0.3) is 0 Å². The van der Waals surface area contributed by atoms with Crippen molar-refractivity contribution in [2.75, 3.05) is 0 Å². The van der Waals surface area contributed by atoms with Crippen LogP contribution in [-0.4, -0.2) is 22.5 Å². The number of nitro groups is 1. The molecule has 0 spiro atoms. The highest BCUT2D eigenvalue weighted by Crippen LogP contribution is 2.31. The van der Waals surface area contributed by atoms with E-state index in [9.17, 15) is 14.9 Å². The Hall–Kier alpha value is -1.13. The van der Waals surface area contributed by atoms with Gasteiger partial charge < -0.3 is 4.74 Å². The van der Waals surface area contributed by atoms with Gasteiger partial charge in [-0.05, 0) is 13.3 Å². The molecule has 68 valence electrons. The van der Waals surface area contributed by atoms with Gasteiger partial charge in [0.2, 0.25) is 0 Å². The molecule has 0 aromatic rings. The highest BCUT2D eigenvalue weighted by molar-refractivity contribution is 5.73. The van der Waals surface area contributed by atoms with Crippen LogP contribution in [0.3, 0.4) is 0 Å². The zero-order valence-corrected chi connectivity index (χ0v) is 7.07. The molecule has 0 radical (unpaired) electrons. The van der Waals surface area contributed by atoms with Gasteiger partial charge in [0.1, 0.15) is 6.42 Å². The number of nitrogens with zero attached hydrogens (tertiary/aromatic N) is 1. The van der Waals surface area contributed by atoms with E-state index >= 15 is 0 Å². The first-order valence-corrected chi connectivity index (χ1v) is 3.85. The van der Waals surface area contributed by atoms with Crippen molar-refractivity contribution in [3.8, 4) is 0 Å². The second-order valence-electron chi connectivity index (χ2n) is 3.15. The number of hydrogen-bond acceptors (Lipinski definition) is 4. The second kappa shape index (κ2) is 2.73. The Morgan fingerprint density at radius 2 is 2.42 bits per heavy atom. The van der Waals surface area contributed by atoms with Crippen LogP contribution in [0.4, 0.5) is 0 Å². The predicted octanol–water partition coefficient (Wildman–Crippen LogP) is 0.747. The molecule has 2 unspecified atom stereocenters. The molecule has 0 N–H and O–H groups in total. The highest BCUT2D eigenvalue weighted by atomic mass is 16.6. The van der Waals surface area contributed by atoms with Gasteiger partial charge >= 0.3 is 5.97 Å². The lowest BCUT2D eigenvalue weighted by atomic mass is 9.94. The Morgan fingerprint density at radius 3 is 2.75 bits per heavy atom. The average molecular weight is 173 g/mol. The molecule has 1 rings (SSSR count). The first-order chi connectivity index (χ1) is 5.49. The molecule has 1 aliphatic heterocycles. The van der Waals surface area contributed by atoms with Crippen molar-refractivity contribution in [1.82, 2.24) is 0 Å². The lowest BCUT2D eigenvalue weighted by Gasteiger charge is -2.21. The Labute approximate surface area is 69.9 Å². The maximum atomic E-state index is 10.8. The van der Waals surface area contributed by atoms with Gasteiger partial charge in [0, 0.05) is 4.92 Å². The molecule has 0 aliphatic carbocycles. The van der Waals surface area contributed by atoms with E-state index in [4.69, 9.17) is 4.74 Å². The molecule has 0 amide bonds. The van der Waals surface area contributed by atoms with E-state index in [2.05, 4.69) is 0 Å². The standard InChI is InChI=1S/C7H11NO4/c1-3-7(2)5(8(10)11)4-6(9)12-7/h5H,3-4H2,1-2H3. The number of rotatable bonds is 2. The number of ether oxygens (including phenoxy) is 1. The molecule has 0 aromatic carbocycles. The number of hydrogen-bond donors (Lipinski definition) is 0. The van der Waals surface area contributed by atoms with Crippen molar-refractivity contribution in [2.24, 2.45) is 0 Å². The SMILES string of the molecule is CCC1(C)OC(=O)CC1[N+](=O)[O-]. The first kappa shape index (κ1) is 8.96. The van der Waals surface area contributed by atoms with Crippen LogP contribution in [0.2, 0.25) is 0 Å². The molecule has 1 fully saturated rings. The third-order valence-corrected chi connectivity index (χ3v) is 2.37. The highest BCUT2D eigenvalue weighted by Gasteiger charge is 2.52. The van der Waals surface area contributed by atoms with E-state index in [1.54, 1.807) is 13.8 Å². The zero-order valence-electron chi connectivity index (χ0n) is 7.07.